The molecule has 1 saturated heterocycles. The van der Waals surface area contributed by atoms with Crippen molar-refractivity contribution >= 4 is 28.0 Å². The van der Waals surface area contributed by atoms with E-state index in [-0.39, 0.29) is 22.8 Å². The normalized spacial score (nSPS) is 18.9. The third-order valence-electron chi connectivity index (χ3n) is 3.03. The Bertz CT molecular complexity index is 332. The fourth-order valence-electron chi connectivity index (χ4n) is 2.01. The molecule has 0 bridgehead atoms. The molecule has 0 N–H and O–H groups in total. The number of amides is 1. The SMILES string of the molecule is COC(=O)[C@@H](Br)C1CCN(C(=O)OC(C)(C)C)CC1. The van der Waals surface area contributed by atoms with Crippen LogP contribution < -0.4 is 0 Å². The highest BCUT2D eigenvalue weighted by Crippen LogP contribution is 2.27. The van der Waals surface area contributed by atoms with E-state index in [0.717, 1.165) is 12.8 Å². The van der Waals surface area contributed by atoms with Crippen LogP contribution in [0.4, 0.5) is 4.79 Å². The molecule has 1 amide bonds. The molecule has 0 unspecified atom stereocenters. The van der Waals surface area contributed by atoms with Crippen LogP contribution in [0.3, 0.4) is 0 Å². The lowest BCUT2D eigenvalue weighted by atomic mass is 9.94. The maximum absolute atomic E-state index is 11.9. The molecule has 5 nitrogen and oxygen atoms in total. The topological polar surface area (TPSA) is 55.8 Å². The number of methoxy groups -OCH3 is 1. The van der Waals surface area contributed by atoms with Crippen LogP contribution in [0.25, 0.3) is 0 Å². The van der Waals surface area contributed by atoms with E-state index in [1.807, 2.05) is 20.8 Å². The molecule has 0 aromatic carbocycles. The van der Waals surface area contributed by atoms with Crippen molar-refractivity contribution in [3.05, 3.63) is 0 Å². The first-order valence-electron chi connectivity index (χ1n) is 6.44. The number of piperidine rings is 1. The van der Waals surface area contributed by atoms with Crippen molar-refractivity contribution in [3.8, 4) is 0 Å². The number of likely N-dealkylation sites (tertiary alicyclic amines) is 1. The molecule has 1 atom stereocenters. The van der Waals surface area contributed by atoms with Gasteiger partial charge in [0.25, 0.3) is 0 Å². The Labute approximate surface area is 122 Å². The van der Waals surface area contributed by atoms with Crippen molar-refractivity contribution in [1.82, 2.24) is 4.90 Å². The van der Waals surface area contributed by atoms with Gasteiger partial charge in [0.05, 0.1) is 7.11 Å². The summed E-state index contributed by atoms with van der Waals surface area (Å²) in [6, 6.07) is 0. The van der Waals surface area contributed by atoms with E-state index < -0.39 is 5.60 Å². The van der Waals surface area contributed by atoms with Gasteiger partial charge >= 0.3 is 12.1 Å². The quantitative estimate of drug-likeness (QED) is 0.574. The maximum Gasteiger partial charge on any atom is 0.410 e. The van der Waals surface area contributed by atoms with Crippen LogP contribution in [0.5, 0.6) is 0 Å². The van der Waals surface area contributed by atoms with E-state index in [1.54, 1.807) is 4.90 Å². The summed E-state index contributed by atoms with van der Waals surface area (Å²) in [5.74, 6) is -0.0538. The molecule has 110 valence electrons. The number of hydrogen-bond donors (Lipinski definition) is 0. The van der Waals surface area contributed by atoms with Crippen molar-refractivity contribution in [3.63, 3.8) is 0 Å². The lowest BCUT2D eigenvalue weighted by Gasteiger charge is -2.34. The van der Waals surface area contributed by atoms with E-state index in [0.29, 0.717) is 13.1 Å². The molecule has 0 radical (unpaired) electrons. The van der Waals surface area contributed by atoms with Crippen LogP contribution >= 0.6 is 15.9 Å². The monoisotopic (exact) mass is 335 g/mol. The van der Waals surface area contributed by atoms with Gasteiger partial charge < -0.3 is 14.4 Å². The zero-order valence-corrected chi connectivity index (χ0v) is 13.5. The van der Waals surface area contributed by atoms with Gasteiger partial charge in [-0.25, -0.2) is 4.79 Å². The average Bonchev–Trinajstić information content (AvgIpc) is 2.35. The molecule has 1 aliphatic heterocycles. The van der Waals surface area contributed by atoms with Crippen molar-refractivity contribution < 1.29 is 19.1 Å². The second-order valence-corrected chi connectivity index (χ2v) is 6.72. The number of hydrogen-bond acceptors (Lipinski definition) is 4. The minimum Gasteiger partial charge on any atom is -0.468 e. The summed E-state index contributed by atoms with van der Waals surface area (Å²) < 4.78 is 10.0. The number of esters is 1. The molecule has 19 heavy (non-hydrogen) atoms. The zero-order chi connectivity index (χ0) is 14.6. The van der Waals surface area contributed by atoms with Gasteiger partial charge in [0, 0.05) is 13.1 Å². The molecule has 6 heteroatoms. The van der Waals surface area contributed by atoms with E-state index in [1.165, 1.54) is 7.11 Å². The second-order valence-electron chi connectivity index (χ2n) is 5.73. The van der Waals surface area contributed by atoms with Crippen LogP contribution in [0.1, 0.15) is 33.6 Å². The first kappa shape index (κ1) is 16.3. The number of carbonyl (C=O) groups excluding carboxylic acids is 2. The number of alkyl halides is 1. The molecule has 0 aromatic heterocycles. The van der Waals surface area contributed by atoms with Gasteiger partial charge in [0.15, 0.2) is 0 Å². The molecule has 0 saturated carbocycles. The molecular weight excluding hydrogens is 314 g/mol. The lowest BCUT2D eigenvalue weighted by Crippen LogP contribution is -2.44. The predicted molar refractivity (Wildman–Crippen MR) is 75.3 cm³/mol. The Balaban J connectivity index is 2.45. The highest BCUT2D eigenvalue weighted by atomic mass is 79.9. The van der Waals surface area contributed by atoms with Gasteiger partial charge in [-0.3, -0.25) is 4.79 Å². The number of ether oxygens (including phenoxy) is 2. The Morgan fingerprint density at radius 3 is 2.21 bits per heavy atom. The van der Waals surface area contributed by atoms with E-state index in [4.69, 9.17) is 9.47 Å². The lowest BCUT2D eigenvalue weighted by molar-refractivity contribution is -0.141. The summed E-state index contributed by atoms with van der Waals surface area (Å²) in [6.07, 6.45) is 1.25. The Morgan fingerprint density at radius 1 is 1.26 bits per heavy atom. The fourth-order valence-corrected chi connectivity index (χ4v) is 2.72. The summed E-state index contributed by atoms with van der Waals surface area (Å²) in [6.45, 7) is 6.77. The standard InChI is InChI=1S/C13H22BrNO4/c1-13(2,3)19-12(17)15-7-5-9(6-8-15)10(14)11(16)18-4/h9-10H,5-8H2,1-4H3/t10-/m0/s1. The minimum absolute atomic E-state index is 0.200. The van der Waals surface area contributed by atoms with Crippen LogP contribution in [-0.2, 0) is 14.3 Å². The number of halogens is 1. The number of rotatable bonds is 2. The van der Waals surface area contributed by atoms with E-state index in [2.05, 4.69) is 15.9 Å². The van der Waals surface area contributed by atoms with Crippen LogP contribution in [0.2, 0.25) is 0 Å². The van der Waals surface area contributed by atoms with Crippen molar-refractivity contribution in [2.75, 3.05) is 20.2 Å². The first-order valence-corrected chi connectivity index (χ1v) is 7.36. The Kier molecular flexibility index (Phi) is 5.64. The highest BCUT2D eigenvalue weighted by Gasteiger charge is 2.32. The first-order chi connectivity index (χ1) is 8.74. The number of nitrogens with zero attached hydrogens (tertiary/aromatic N) is 1. The molecule has 1 fully saturated rings. The summed E-state index contributed by atoms with van der Waals surface area (Å²) in [4.78, 5) is 24.7. The zero-order valence-electron chi connectivity index (χ0n) is 11.9. The van der Waals surface area contributed by atoms with Gasteiger partial charge in [-0.15, -0.1) is 0 Å². The summed E-state index contributed by atoms with van der Waals surface area (Å²) >= 11 is 3.36. The highest BCUT2D eigenvalue weighted by molar-refractivity contribution is 9.10. The van der Waals surface area contributed by atoms with Gasteiger partial charge in [0.2, 0.25) is 0 Å². The summed E-state index contributed by atoms with van der Waals surface area (Å²) in [7, 11) is 1.38. The van der Waals surface area contributed by atoms with Crippen molar-refractivity contribution in [2.24, 2.45) is 5.92 Å². The Hall–Kier alpha value is -0.780. The fraction of sp³-hybridized carbons (Fsp3) is 0.846. The van der Waals surface area contributed by atoms with Crippen molar-refractivity contribution in [2.45, 2.75) is 44.0 Å². The molecule has 1 rings (SSSR count). The smallest absolute Gasteiger partial charge is 0.410 e. The molecule has 1 aliphatic rings. The largest absolute Gasteiger partial charge is 0.468 e. The van der Waals surface area contributed by atoms with Crippen LogP contribution in [-0.4, -0.2) is 47.6 Å². The predicted octanol–water partition coefficient (Wildman–Crippen LogP) is 2.57. The molecule has 0 aliphatic carbocycles. The average molecular weight is 336 g/mol. The van der Waals surface area contributed by atoms with Gasteiger partial charge in [-0.05, 0) is 39.5 Å². The van der Waals surface area contributed by atoms with E-state index in [9.17, 15) is 9.59 Å². The maximum atomic E-state index is 11.9. The van der Waals surface area contributed by atoms with Crippen LogP contribution in [0.15, 0.2) is 0 Å². The van der Waals surface area contributed by atoms with Gasteiger partial charge in [-0.1, -0.05) is 15.9 Å². The molecular formula is C13H22BrNO4. The number of carbonyl (C=O) groups is 2. The Morgan fingerprint density at radius 2 is 1.79 bits per heavy atom. The molecule has 1 heterocycles. The third kappa shape index (κ3) is 5.01. The summed E-state index contributed by atoms with van der Waals surface area (Å²) in [5.41, 5.74) is -0.474. The molecule has 0 spiro atoms. The van der Waals surface area contributed by atoms with Gasteiger partial charge in [0.1, 0.15) is 10.4 Å². The van der Waals surface area contributed by atoms with Crippen molar-refractivity contribution in [1.29, 1.82) is 0 Å². The van der Waals surface area contributed by atoms with Crippen LogP contribution in [0, 0.1) is 5.92 Å². The second kappa shape index (κ2) is 6.59. The molecule has 0 aromatic rings. The third-order valence-corrected chi connectivity index (χ3v) is 4.15. The minimum atomic E-state index is -0.474. The van der Waals surface area contributed by atoms with E-state index >= 15 is 0 Å². The van der Waals surface area contributed by atoms with Gasteiger partial charge in [-0.2, -0.15) is 0 Å². The summed E-state index contributed by atoms with van der Waals surface area (Å²) in [5, 5.41) is 0.